The van der Waals surface area contributed by atoms with Crippen LogP contribution in [0.3, 0.4) is 0 Å². The van der Waals surface area contributed by atoms with E-state index in [9.17, 15) is 17.6 Å². The molecule has 1 amide bonds. The van der Waals surface area contributed by atoms with Crippen LogP contribution >= 0.6 is 11.6 Å². The molecule has 0 unspecified atom stereocenters. The third kappa shape index (κ3) is 5.72. The minimum Gasteiger partial charge on any atom is -0.467 e. The van der Waals surface area contributed by atoms with E-state index in [0.29, 0.717) is 16.9 Å². The normalized spacial score (nSPS) is 11.3. The molecule has 0 aliphatic heterocycles. The number of amides is 1. The summed E-state index contributed by atoms with van der Waals surface area (Å²) in [5.74, 6) is -0.496. The molecule has 9 heteroatoms. The number of hydrogen-bond acceptors (Lipinski definition) is 5. The number of hydrogen-bond donors (Lipinski definition) is 0. The van der Waals surface area contributed by atoms with Gasteiger partial charge in [-0.15, -0.1) is 0 Å². The number of aryl methyl sites for hydroxylation is 1. The molecular weight excluding hydrogens is 493 g/mol. The van der Waals surface area contributed by atoms with Crippen LogP contribution in [-0.4, -0.2) is 19.2 Å². The average Bonchev–Trinajstić information content (AvgIpc) is 3.32. The maximum atomic E-state index is 14.3. The van der Waals surface area contributed by atoms with Crippen LogP contribution in [0.1, 0.15) is 27.2 Å². The highest BCUT2D eigenvalue weighted by Crippen LogP contribution is 2.28. The Balaban J connectivity index is 1.55. The number of benzene rings is 3. The van der Waals surface area contributed by atoms with Crippen molar-refractivity contribution in [2.24, 2.45) is 0 Å². The molecular formula is C26H21ClFNO5S. The number of rotatable bonds is 8. The van der Waals surface area contributed by atoms with Gasteiger partial charge in [0.05, 0.1) is 23.4 Å². The molecule has 4 aromatic rings. The molecule has 4 rings (SSSR count). The number of carbonyl (C=O) groups excluding carboxylic acids is 1. The highest BCUT2D eigenvalue weighted by atomic mass is 35.5. The summed E-state index contributed by atoms with van der Waals surface area (Å²) in [4.78, 5) is 14.4. The molecule has 0 saturated heterocycles. The van der Waals surface area contributed by atoms with E-state index in [1.807, 2.05) is 0 Å². The van der Waals surface area contributed by atoms with E-state index in [1.54, 1.807) is 49.4 Å². The molecule has 1 aromatic heterocycles. The molecule has 0 saturated carbocycles. The maximum Gasteiger partial charge on any atom is 0.340 e. The average molecular weight is 514 g/mol. The van der Waals surface area contributed by atoms with Crippen molar-refractivity contribution in [3.63, 3.8) is 0 Å². The molecule has 35 heavy (non-hydrogen) atoms. The maximum absolute atomic E-state index is 14.3. The predicted molar refractivity (Wildman–Crippen MR) is 129 cm³/mol. The molecule has 0 atom stereocenters. The number of halogens is 2. The van der Waals surface area contributed by atoms with Crippen LogP contribution in [0, 0.1) is 12.7 Å². The molecule has 0 bridgehead atoms. The summed E-state index contributed by atoms with van der Waals surface area (Å²) in [5.41, 5.74) is 1.09. The topological polar surface area (TPSA) is 76.8 Å². The number of carbonyl (C=O) groups is 1. The van der Waals surface area contributed by atoms with E-state index in [0.717, 1.165) is 0 Å². The molecule has 6 nitrogen and oxygen atoms in total. The van der Waals surface area contributed by atoms with Crippen LogP contribution < -0.4 is 4.18 Å². The molecule has 0 fully saturated rings. The summed E-state index contributed by atoms with van der Waals surface area (Å²) < 4.78 is 50.4. The quantitative estimate of drug-likeness (QED) is 0.270. The van der Waals surface area contributed by atoms with Gasteiger partial charge in [-0.05, 0) is 60.5 Å². The van der Waals surface area contributed by atoms with Crippen molar-refractivity contribution >= 4 is 27.6 Å². The second kappa shape index (κ2) is 10.3. The van der Waals surface area contributed by atoms with Crippen molar-refractivity contribution in [2.75, 3.05) is 0 Å². The number of furan rings is 1. The van der Waals surface area contributed by atoms with Crippen LogP contribution in [0.2, 0.25) is 5.02 Å². The van der Waals surface area contributed by atoms with Gasteiger partial charge in [-0.25, -0.2) is 4.39 Å². The van der Waals surface area contributed by atoms with Crippen molar-refractivity contribution in [3.05, 3.63) is 118 Å². The summed E-state index contributed by atoms with van der Waals surface area (Å²) in [7, 11) is -4.15. The van der Waals surface area contributed by atoms with Gasteiger partial charge in [0.25, 0.3) is 5.91 Å². The lowest BCUT2D eigenvalue weighted by molar-refractivity contribution is 0.0713. The smallest absolute Gasteiger partial charge is 0.340 e. The van der Waals surface area contributed by atoms with Gasteiger partial charge in [0, 0.05) is 6.54 Å². The van der Waals surface area contributed by atoms with Crippen LogP contribution in [0.5, 0.6) is 5.75 Å². The van der Waals surface area contributed by atoms with Crippen molar-refractivity contribution in [3.8, 4) is 5.75 Å². The van der Waals surface area contributed by atoms with Gasteiger partial charge >= 0.3 is 10.1 Å². The second-order valence-corrected chi connectivity index (χ2v) is 9.68. The van der Waals surface area contributed by atoms with Crippen LogP contribution in [0.25, 0.3) is 0 Å². The zero-order valence-electron chi connectivity index (χ0n) is 18.6. The zero-order valence-corrected chi connectivity index (χ0v) is 20.2. The predicted octanol–water partition coefficient (Wildman–Crippen LogP) is 5.99. The lowest BCUT2D eigenvalue weighted by Crippen LogP contribution is -2.30. The Kier molecular flexibility index (Phi) is 7.23. The van der Waals surface area contributed by atoms with Gasteiger partial charge in [-0.2, -0.15) is 8.42 Å². The van der Waals surface area contributed by atoms with Crippen LogP contribution in [0.15, 0.2) is 94.4 Å². The first-order valence-corrected chi connectivity index (χ1v) is 12.4. The van der Waals surface area contributed by atoms with Crippen molar-refractivity contribution in [1.29, 1.82) is 0 Å². The molecule has 0 spiro atoms. The molecule has 0 N–H and O–H groups in total. The SMILES string of the molecule is Cc1cccc(Cl)c1S(=O)(=O)Oc1ccc(CN(Cc2ccco2)C(=O)c2ccccc2F)cc1. The van der Waals surface area contributed by atoms with Gasteiger partial charge in [0.2, 0.25) is 0 Å². The largest absolute Gasteiger partial charge is 0.467 e. The molecule has 1 heterocycles. The third-order valence-corrected chi connectivity index (χ3v) is 7.12. The molecule has 0 aliphatic rings. The highest BCUT2D eigenvalue weighted by molar-refractivity contribution is 7.87. The molecule has 0 aliphatic carbocycles. The van der Waals surface area contributed by atoms with Gasteiger partial charge < -0.3 is 13.5 Å². The van der Waals surface area contributed by atoms with Crippen LogP contribution in [0.4, 0.5) is 4.39 Å². The first kappa shape index (κ1) is 24.5. The fourth-order valence-corrected chi connectivity index (χ4v) is 5.29. The Hall–Kier alpha value is -3.62. The standard InChI is InChI=1S/C26H21ClFNO5S/c1-18-6-4-9-23(27)25(18)35(31,32)34-20-13-11-19(12-14-20)16-29(17-21-7-5-15-33-21)26(30)22-8-2-3-10-24(22)28/h2-15H,16-17H2,1H3. The van der Waals surface area contributed by atoms with Crippen molar-refractivity contribution in [1.82, 2.24) is 4.90 Å². The molecule has 180 valence electrons. The van der Waals surface area contributed by atoms with E-state index in [-0.39, 0.29) is 34.3 Å². The Labute approximate surface area is 207 Å². The van der Waals surface area contributed by atoms with E-state index in [4.69, 9.17) is 20.2 Å². The lowest BCUT2D eigenvalue weighted by Gasteiger charge is -2.22. The fraction of sp³-hybridized carbons (Fsp3) is 0.115. The fourth-order valence-electron chi connectivity index (χ4n) is 3.57. The van der Waals surface area contributed by atoms with Crippen molar-refractivity contribution in [2.45, 2.75) is 24.9 Å². The highest BCUT2D eigenvalue weighted by Gasteiger charge is 2.23. The third-order valence-electron chi connectivity index (χ3n) is 5.23. The molecule has 3 aromatic carbocycles. The Morgan fingerprint density at radius 3 is 2.37 bits per heavy atom. The lowest BCUT2D eigenvalue weighted by atomic mass is 10.1. The van der Waals surface area contributed by atoms with Gasteiger partial charge in [0.15, 0.2) is 0 Å². The van der Waals surface area contributed by atoms with E-state index < -0.39 is 21.8 Å². The summed E-state index contributed by atoms with van der Waals surface area (Å²) in [5, 5.41) is 0.0712. The van der Waals surface area contributed by atoms with Gasteiger partial charge in [-0.3, -0.25) is 4.79 Å². The first-order valence-electron chi connectivity index (χ1n) is 10.6. The monoisotopic (exact) mass is 513 g/mol. The second-order valence-electron chi connectivity index (χ2n) is 7.79. The Morgan fingerprint density at radius 2 is 1.71 bits per heavy atom. The zero-order chi connectivity index (χ0) is 25.0. The first-order chi connectivity index (χ1) is 16.7. The van der Waals surface area contributed by atoms with Crippen molar-refractivity contribution < 1.29 is 26.2 Å². The number of nitrogens with zero attached hydrogens (tertiary/aromatic N) is 1. The summed E-state index contributed by atoms with van der Waals surface area (Å²) in [6.45, 7) is 1.88. The summed E-state index contributed by atoms with van der Waals surface area (Å²) in [6, 6.07) is 20.2. The minimum atomic E-state index is -4.15. The molecule has 0 radical (unpaired) electrons. The van der Waals surface area contributed by atoms with E-state index in [2.05, 4.69) is 0 Å². The van der Waals surface area contributed by atoms with E-state index in [1.165, 1.54) is 47.6 Å². The van der Waals surface area contributed by atoms with E-state index >= 15 is 0 Å². The van der Waals surface area contributed by atoms with Crippen LogP contribution in [-0.2, 0) is 23.2 Å². The van der Waals surface area contributed by atoms with Gasteiger partial charge in [-0.1, -0.05) is 48.0 Å². The Bertz CT molecular complexity index is 1420. The minimum absolute atomic E-state index is 0.0554. The summed E-state index contributed by atoms with van der Waals surface area (Å²) >= 11 is 6.08. The van der Waals surface area contributed by atoms with Gasteiger partial charge in [0.1, 0.15) is 22.2 Å². The Morgan fingerprint density at radius 1 is 0.971 bits per heavy atom. The summed E-state index contributed by atoms with van der Waals surface area (Å²) in [6.07, 6.45) is 1.49.